The van der Waals surface area contributed by atoms with Crippen LogP contribution in [0, 0.1) is 6.92 Å². The molecule has 1 aromatic heterocycles. The van der Waals surface area contributed by atoms with E-state index < -0.39 is 0 Å². The number of nitrogens with one attached hydrogen (secondary N) is 1. The number of ether oxygens (including phenoxy) is 2. The maximum atomic E-state index is 13.1. The number of anilines is 2. The highest BCUT2D eigenvalue weighted by Crippen LogP contribution is 2.22. The van der Waals surface area contributed by atoms with Gasteiger partial charge in [-0.2, -0.15) is 0 Å². The number of rotatable bonds is 7. The summed E-state index contributed by atoms with van der Waals surface area (Å²) in [5, 5.41) is 3.21. The molecule has 1 aliphatic rings. The molecule has 2 heterocycles. The Labute approximate surface area is 194 Å². The normalized spacial score (nSPS) is 13.5. The summed E-state index contributed by atoms with van der Waals surface area (Å²) in [6.45, 7) is 5.23. The molecule has 1 aliphatic heterocycles. The highest BCUT2D eigenvalue weighted by Gasteiger charge is 2.24. The molecule has 3 aromatic rings. The second kappa shape index (κ2) is 10.2. The fraction of sp³-hybridized carbons (Fsp3) is 0.320. The molecule has 1 fully saturated rings. The van der Waals surface area contributed by atoms with E-state index in [0.29, 0.717) is 36.8 Å². The Morgan fingerprint density at radius 1 is 1.00 bits per heavy atom. The molecule has 4 rings (SSSR count). The smallest absolute Gasteiger partial charge is 0.257 e. The fourth-order valence-electron chi connectivity index (χ4n) is 3.92. The number of benzene rings is 2. The average molecular weight is 448 g/mol. The Morgan fingerprint density at radius 3 is 2.39 bits per heavy atom. The molecule has 0 aliphatic carbocycles. The number of carbonyl (C=O) groups excluding carboxylic acids is 1. The fourth-order valence-corrected chi connectivity index (χ4v) is 3.92. The van der Waals surface area contributed by atoms with E-state index >= 15 is 0 Å². The lowest BCUT2D eigenvalue weighted by molar-refractivity contribution is 0.0745. The van der Waals surface area contributed by atoms with Crippen molar-refractivity contribution in [1.29, 1.82) is 0 Å². The van der Waals surface area contributed by atoms with E-state index in [1.54, 1.807) is 20.4 Å². The molecule has 8 nitrogen and oxygen atoms in total. The second-order valence-electron chi connectivity index (χ2n) is 7.84. The summed E-state index contributed by atoms with van der Waals surface area (Å²) in [6, 6.07) is 15.8. The van der Waals surface area contributed by atoms with Gasteiger partial charge in [0.05, 0.1) is 25.5 Å². The summed E-state index contributed by atoms with van der Waals surface area (Å²) in [5.74, 6) is 2.10. The van der Waals surface area contributed by atoms with E-state index in [1.165, 1.54) is 0 Å². The van der Waals surface area contributed by atoms with Gasteiger partial charge in [-0.15, -0.1) is 0 Å². The second-order valence-corrected chi connectivity index (χ2v) is 7.84. The van der Waals surface area contributed by atoms with Crippen molar-refractivity contribution in [2.45, 2.75) is 13.5 Å². The summed E-state index contributed by atoms with van der Waals surface area (Å²) in [7, 11) is 3.31. The summed E-state index contributed by atoms with van der Waals surface area (Å²) < 4.78 is 10.6. The molecule has 0 unspecified atom stereocenters. The Kier molecular flexibility index (Phi) is 6.92. The maximum Gasteiger partial charge on any atom is 0.257 e. The quantitative estimate of drug-likeness (QED) is 0.595. The van der Waals surface area contributed by atoms with Crippen LogP contribution in [-0.2, 0) is 6.54 Å². The molecule has 1 amide bonds. The number of hydrogen-bond acceptors (Lipinski definition) is 7. The average Bonchev–Trinajstić information content (AvgIpc) is 2.87. The molecule has 172 valence electrons. The van der Waals surface area contributed by atoms with Crippen LogP contribution in [0.1, 0.15) is 21.6 Å². The van der Waals surface area contributed by atoms with Gasteiger partial charge in [0.15, 0.2) is 0 Å². The molecule has 0 bridgehead atoms. The summed E-state index contributed by atoms with van der Waals surface area (Å²) in [4.78, 5) is 26.1. The molecule has 33 heavy (non-hydrogen) atoms. The van der Waals surface area contributed by atoms with Gasteiger partial charge in [-0.1, -0.05) is 18.2 Å². The Balaban J connectivity index is 1.35. The molecular formula is C25H29N5O3. The molecular weight excluding hydrogens is 418 g/mol. The largest absolute Gasteiger partial charge is 0.497 e. The molecule has 0 spiro atoms. The number of amides is 1. The number of aromatic nitrogens is 2. The van der Waals surface area contributed by atoms with Crippen LogP contribution in [0.2, 0.25) is 0 Å². The minimum atomic E-state index is -0.0295. The first-order valence-corrected chi connectivity index (χ1v) is 11.0. The number of methoxy groups -OCH3 is 2. The Hall–Kier alpha value is -3.81. The van der Waals surface area contributed by atoms with Crippen molar-refractivity contribution in [1.82, 2.24) is 14.9 Å². The molecule has 1 N–H and O–H groups in total. The first-order valence-electron chi connectivity index (χ1n) is 11.0. The third kappa shape index (κ3) is 5.16. The van der Waals surface area contributed by atoms with Crippen molar-refractivity contribution in [2.75, 3.05) is 50.6 Å². The van der Waals surface area contributed by atoms with E-state index in [9.17, 15) is 4.79 Å². The van der Waals surface area contributed by atoms with Gasteiger partial charge in [0, 0.05) is 50.2 Å². The van der Waals surface area contributed by atoms with E-state index in [2.05, 4.69) is 20.2 Å². The standard InChI is InChI=1S/C25H29N5O3/c1-18-22(17-27-25(28-18)26-16-19-6-4-5-7-23(19)33-3)24(31)30-14-12-29(13-15-30)20-8-10-21(32-2)11-9-20/h4-11,17H,12-16H2,1-3H3,(H,26,27,28). The van der Waals surface area contributed by atoms with Crippen molar-refractivity contribution in [3.63, 3.8) is 0 Å². The molecule has 8 heteroatoms. The lowest BCUT2D eigenvalue weighted by Gasteiger charge is -2.36. The monoisotopic (exact) mass is 447 g/mol. The van der Waals surface area contributed by atoms with Crippen LogP contribution in [0.15, 0.2) is 54.7 Å². The van der Waals surface area contributed by atoms with Crippen molar-refractivity contribution in [3.05, 3.63) is 71.5 Å². The summed E-state index contributed by atoms with van der Waals surface area (Å²) >= 11 is 0. The van der Waals surface area contributed by atoms with E-state index in [4.69, 9.17) is 9.47 Å². The predicted molar refractivity (Wildman–Crippen MR) is 128 cm³/mol. The van der Waals surface area contributed by atoms with Crippen LogP contribution < -0.4 is 19.7 Å². The lowest BCUT2D eigenvalue weighted by Crippen LogP contribution is -2.49. The van der Waals surface area contributed by atoms with Crippen molar-refractivity contribution in [3.8, 4) is 11.5 Å². The number of hydrogen-bond donors (Lipinski definition) is 1. The number of piperazine rings is 1. The lowest BCUT2D eigenvalue weighted by atomic mass is 10.2. The van der Waals surface area contributed by atoms with Gasteiger partial charge in [-0.3, -0.25) is 4.79 Å². The van der Waals surface area contributed by atoms with Crippen LogP contribution in [0.3, 0.4) is 0 Å². The molecule has 0 atom stereocenters. The Morgan fingerprint density at radius 2 is 1.73 bits per heavy atom. The van der Waals surface area contributed by atoms with Gasteiger partial charge in [-0.25, -0.2) is 9.97 Å². The molecule has 0 radical (unpaired) electrons. The first-order chi connectivity index (χ1) is 16.1. The van der Waals surface area contributed by atoms with Crippen LogP contribution in [0.25, 0.3) is 0 Å². The zero-order valence-electron chi connectivity index (χ0n) is 19.2. The number of para-hydroxylation sites is 1. The van der Waals surface area contributed by atoms with Crippen LogP contribution >= 0.6 is 0 Å². The van der Waals surface area contributed by atoms with Crippen LogP contribution in [-0.4, -0.2) is 61.2 Å². The van der Waals surface area contributed by atoms with E-state index in [1.807, 2.05) is 60.4 Å². The Bertz CT molecular complexity index is 1100. The number of nitrogens with zero attached hydrogens (tertiary/aromatic N) is 4. The minimum Gasteiger partial charge on any atom is -0.497 e. The number of aryl methyl sites for hydroxylation is 1. The van der Waals surface area contributed by atoms with Crippen LogP contribution in [0.4, 0.5) is 11.6 Å². The highest BCUT2D eigenvalue weighted by atomic mass is 16.5. The zero-order chi connectivity index (χ0) is 23.2. The van der Waals surface area contributed by atoms with E-state index in [-0.39, 0.29) is 5.91 Å². The zero-order valence-corrected chi connectivity index (χ0v) is 19.2. The third-order valence-corrected chi connectivity index (χ3v) is 5.84. The van der Waals surface area contributed by atoms with Gasteiger partial charge in [-0.05, 0) is 37.3 Å². The molecule has 2 aromatic carbocycles. The SMILES string of the molecule is COc1ccc(N2CCN(C(=O)c3cnc(NCc4ccccc4OC)nc3C)CC2)cc1. The van der Waals surface area contributed by atoms with Crippen molar-refractivity contribution in [2.24, 2.45) is 0 Å². The summed E-state index contributed by atoms with van der Waals surface area (Å²) in [6.07, 6.45) is 1.62. The van der Waals surface area contributed by atoms with Crippen LogP contribution in [0.5, 0.6) is 11.5 Å². The van der Waals surface area contributed by atoms with Crippen molar-refractivity contribution >= 4 is 17.5 Å². The number of carbonyl (C=O) groups is 1. The van der Waals surface area contributed by atoms with Gasteiger partial charge in [0.25, 0.3) is 5.91 Å². The van der Waals surface area contributed by atoms with Gasteiger partial charge >= 0.3 is 0 Å². The summed E-state index contributed by atoms with van der Waals surface area (Å²) in [5.41, 5.74) is 3.34. The van der Waals surface area contributed by atoms with Gasteiger partial charge in [0.2, 0.25) is 5.95 Å². The van der Waals surface area contributed by atoms with Crippen molar-refractivity contribution < 1.29 is 14.3 Å². The molecule has 1 saturated heterocycles. The maximum absolute atomic E-state index is 13.1. The molecule has 0 saturated carbocycles. The topological polar surface area (TPSA) is 79.8 Å². The third-order valence-electron chi connectivity index (χ3n) is 5.84. The first kappa shape index (κ1) is 22.4. The van der Waals surface area contributed by atoms with E-state index in [0.717, 1.165) is 35.8 Å². The highest BCUT2D eigenvalue weighted by molar-refractivity contribution is 5.95. The van der Waals surface area contributed by atoms with Gasteiger partial charge in [0.1, 0.15) is 11.5 Å². The predicted octanol–water partition coefficient (Wildman–Crippen LogP) is 3.38. The van der Waals surface area contributed by atoms with Gasteiger partial charge < -0.3 is 24.6 Å². The minimum absolute atomic E-state index is 0.0295.